The van der Waals surface area contributed by atoms with Gasteiger partial charge in [0.15, 0.2) is 0 Å². The van der Waals surface area contributed by atoms with Crippen molar-refractivity contribution in [2.24, 2.45) is 0 Å². The third-order valence-corrected chi connectivity index (χ3v) is 4.02. The van der Waals surface area contributed by atoms with E-state index in [1.807, 2.05) is 18.2 Å². The van der Waals surface area contributed by atoms with E-state index in [4.69, 9.17) is 0 Å². The molecule has 3 heteroatoms. The van der Waals surface area contributed by atoms with Crippen molar-refractivity contribution >= 4 is 20.5 Å². The molecule has 0 radical (unpaired) electrons. The van der Waals surface area contributed by atoms with Crippen LogP contribution >= 0.6 is 0 Å². The molecule has 0 bridgehead atoms. The fourth-order valence-electron chi connectivity index (χ4n) is 1.36. The molecule has 2 nitrogen and oxygen atoms in total. The molecule has 0 amide bonds. The fourth-order valence-corrected chi connectivity index (χ4v) is 2.88. The first kappa shape index (κ1) is 10.2. The summed E-state index contributed by atoms with van der Waals surface area (Å²) in [6.45, 7) is 0. The van der Waals surface area contributed by atoms with E-state index < -0.39 is 0 Å². The molecule has 2 rings (SSSR count). The number of hydrogen-bond donors (Lipinski definition) is 0. The Morgan fingerprint density at radius 1 is 1.27 bits per heavy atom. The summed E-state index contributed by atoms with van der Waals surface area (Å²) in [6.07, 6.45) is 0. The number of esters is 1. The standard InChI is InChI=1S/C12H10O2Se/c1-14-12(13)10-5-2-4-9(8-10)11-6-3-7-15-11/h2-8H,1H3. The molecular weight excluding hydrogens is 255 g/mol. The van der Waals surface area contributed by atoms with Gasteiger partial charge < -0.3 is 0 Å². The molecule has 1 heterocycles. The Labute approximate surface area is 94.3 Å². The second-order valence-corrected chi connectivity index (χ2v) is 5.04. The molecule has 0 atom stereocenters. The number of benzene rings is 1. The van der Waals surface area contributed by atoms with Crippen LogP contribution in [0.4, 0.5) is 0 Å². The van der Waals surface area contributed by atoms with Gasteiger partial charge in [-0.25, -0.2) is 0 Å². The second kappa shape index (κ2) is 4.47. The van der Waals surface area contributed by atoms with Gasteiger partial charge in [-0.2, -0.15) is 0 Å². The first-order valence-corrected chi connectivity index (χ1v) is 6.38. The van der Waals surface area contributed by atoms with E-state index in [0.29, 0.717) is 20.1 Å². The third-order valence-electron chi connectivity index (χ3n) is 2.09. The summed E-state index contributed by atoms with van der Waals surface area (Å²) >= 11 is 0.398. The molecule has 1 aromatic carbocycles. The van der Waals surface area contributed by atoms with Gasteiger partial charge in [0.1, 0.15) is 0 Å². The van der Waals surface area contributed by atoms with Crippen LogP contribution in [-0.2, 0) is 4.74 Å². The van der Waals surface area contributed by atoms with Gasteiger partial charge in [-0.15, -0.1) is 0 Å². The minimum atomic E-state index is -0.282. The van der Waals surface area contributed by atoms with E-state index in [2.05, 4.69) is 21.8 Å². The van der Waals surface area contributed by atoms with Crippen molar-refractivity contribution in [3.05, 3.63) is 46.9 Å². The molecule has 0 saturated carbocycles. The number of rotatable bonds is 2. The van der Waals surface area contributed by atoms with Crippen LogP contribution in [0.25, 0.3) is 10.0 Å². The predicted molar refractivity (Wildman–Crippen MR) is 60.2 cm³/mol. The van der Waals surface area contributed by atoms with Crippen molar-refractivity contribution in [2.45, 2.75) is 0 Å². The van der Waals surface area contributed by atoms with Crippen LogP contribution in [0.2, 0.25) is 0 Å². The van der Waals surface area contributed by atoms with Crippen molar-refractivity contribution in [3.63, 3.8) is 0 Å². The molecule has 1 aromatic heterocycles. The summed E-state index contributed by atoms with van der Waals surface area (Å²) in [5, 5.41) is 0. The molecule has 0 aliphatic carbocycles. The molecule has 0 aliphatic rings. The number of hydrogen-bond acceptors (Lipinski definition) is 2. The van der Waals surface area contributed by atoms with Crippen molar-refractivity contribution in [2.75, 3.05) is 7.11 Å². The zero-order valence-electron chi connectivity index (χ0n) is 8.27. The fraction of sp³-hybridized carbons (Fsp3) is 0.0833. The van der Waals surface area contributed by atoms with Crippen LogP contribution in [-0.4, -0.2) is 27.6 Å². The van der Waals surface area contributed by atoms with Crippen LogP contribution in [0, 0.1) is 0 Å². The van der Waals surface area contributed by atoms with Crippen LogP contribution in [0.15, 0.2) is 41.3 Å². The normalized spacial score (nSPS) is 9.93. The van der Waals surface area contributed by atoms with E-state index in [9.17, 15) is 4.79 Å². The molecule has 2 aromatic rings. The van der Waals surface area contributed by atoms with Crippen molar-refractivity contribution in [3.8, 4) is 10.0 Å². The quantitative estimate of drug-likeness (QED) is 0.614. The number of ether oxygens (including phenoxy) is 1. The van der Waals surface area contributed by atoms with E-state index in [-0.39, 0.29) is 5.97 Å². The second-order valence-electron chi connectivity index (χ2n) is 3.05. The van der Waals surface area contributed by atoms with E-state index in [1.165, 1.54) is 11.5 Å². The van der Waals surface area contributed by atoms with Crippen LogP contribution < -0.4 is 0 Å². The summed E-state index contributed by atoms with van der Waals surface area (Å²) < 4.78 is 5.98. The summed E-state index contributed by atoms with van der Waals surface area (Å²) in [5.41, 5.74) is 1.72. The zero-order chi connectivity index (χ0) is 10.7. The van der Waals surface area contributed by atoms with Crippen LogP contribution in [0.3, 0.4) is 0 Å². The topological polar surface area (TPSA) is 26.3 Å². The van der Waals surface area contributed by atoms with Crippen LogP contribution in [0.5, 0.6) is 0 Å². The minimum absolute atomic E-state index is 0.282. The summed E-state index contributed by atoms with van der Waals surface area (Å²) in [5.74, 6) is -0.282. The molecule has 0 fully saturated rings. The number of carbonyl (C=O) groups excluding carboxylic acids is 1. The van der Waals surface area contributed by atoms with Gasteiger partial charge in [-0.3, -0.25) is 0 Å². The monoisotopic (exact) mass is 266 g/mol. The molecular formula is C12H10O2Se. The third kappa shape index (κ3) is 2.20. The number of methoxy groups -OCH3 is 1. The molecule has 0 aliphatic heterocycles. The molecule has 0 saturated heterocycles. The molecule has 0 unspecified atom stereocenters. The molecule has 0 N–H and O–H groups in total. The van der Waals surface area contributed by atoms with Gasteiger partial charge in [0.05, 0.1) is 0 Å². The van der Waals surface area contributed by atoms with Gasteiger partial charge in [-0.1, -0.05) is 0 Å². The average molecular weight is 265 g/mol. The molecule has 76 valence electrons. The first-order chi connectivity index (χ1) is 7.31. The summed E-state index contributed by atoms with van der Waals surface area (Å²) in [7, 11) is 1.40. The summed E-state index contributed by atoms with van der Waals surface area (Å²) in [6, 6.07) is 11.7. The maximum absolute atomic E-state index is 11.3. The van der Waals surface area contributed by atoms with E-state index >= 15 is 0 Å². The Hall–Kier alpha value is -1.31. The number of carbonyl (C=O) groups is 1. The van der Waals surface area contributed by atoms with Crippen molar-refractivity contribution in [1.29, 1.82) is 0 Å². The van der Waals surface area contributed by atoms with E-state index in [0.717, 1.165) is 5.56 Å². The Balaban J connectivity index is 2.39. The van der Waals surface area contributed by atoms with Gasteiger partial charge in [0.25, 0.3) is 0 Å². The maximum atomic E-state index is 11.3. The Kier molecular flexibility index (Phi) is 3.05. The SMILES string of the molecule is COC(=O)c1cccc(-c2ccc[se]2)c1. The zero-order valence-corrected chi connectivity index (χ0v) is 9.98. The van der Waals surface area contributed by atoms with Crippen molar-refractivity contribution < 1.29 is 9.53 Å². The summed E-state index contributed by atoms with van der Waals surface area (Å²) in [4.78, 5) is 13.5. The van der Waals surface area contributed by atoms with Crippen LogP contribution in [0.1, 0.15) is 10.4 Å². The average Bonchev–Trinajstić information content (AvgIpc) is 2.82. The van der Waals surface area contributed by atoms with E-state index in [1.54, 1.807) is 6.07 Å². The first-order valence-electron chi connectivity index (χ1n) is 4.53. The van der Waals surface area contributed by atoms with Crippen molar-refractivity contribution in [1.82, 2.24) is 0 Å². The Bertz CT molecular complexity index is 460. The van der Waals surface area contributed by atoms with Gasteiger partial charge in [0.2, 0.25) is 0 Å². The van der Waals surface area contributed by atoms with Gasteiger partial charge in [0, 0.05) is 0 Å². The molecule has 0 spiro atoms. The Morgan fingerprint density at radius 2 is 2.13 bits per heavy atom. The molecule has 15 heavy (non-hydrogen) atoms. The van der Waals surface area contributed by atoms with Gasteiger partial charge >= 0.3 is 94.0 Å². The Morgan fingerprint density at radius 3 is 2.80 bits per heavy atom. The predicted octanol–water partition coefficient (Wildman–Crippen LogP) is 2.20. The van der Waals surface area contributed by atoms with Gasteiger partial charge in [-0.05, 0) is 0 Å².